The first-order chi connectivity index (χ1) is 9.06. The van der Waals surface area contributed by atoms with Crippen molar-refractivity contribution in [3.8, 4) is 5.75 Å². The molecule has 1 aromatic carbocycles. The van der Waals surface area contributed by atoms with Crippen LogP contribution in [0.5, 0.6) is 5.75 Å². The maximum atomic E-state index is 12.7. The molecular weight excluding hydrogens is 247 g/mol. The number of nitrogens with two attached hydrogens (primary N) is 1. The number of H-pyrrole nitrogens is 1. The first-order valence-electron chi connectivity index (χ1n) is 6.11. The molecular formula is C13H17FN4O. The summed E-state index contributed by atoms with van der Waals surface area (Å²) in [4.78, 5) is 4.27. The van der Waals surface area contributed by atoms with Crippen LogP contribution in [0.3, 0.4) is 0 Å². The smallest absolute Gasteiger partial charge is 0.167 e. The number of hydrogen-bond donors (Lipinski definition) is 2. The fraction of sp³-hybridized carbons (Fsp3) is 0.385. The van der Waals surface area contributed by atoms with Crippen LogP contribution in [0, 0.1) is 11.7 Å². The van der Waals surface area contributed by atoms with Crippen LogP contribution in [0.4, 0.5) is 4.39 Å². The molecule has 1 heterocycles. The Balaban J connectivity index is 1.95. The Kier molecular flexibility index (Phi) is 4.11. The van der Waals surface area contributed by atoms with Crippen molar-refractivity contribution >= 4 is 0 Å². The van der Waals surface area contributed by atoms with E-state index in [0.29, 0.717) is 17.4 Å². The van der Waals surface area contributed by atoms with E-state index in [1.54, 1.807) is 12.1 Å². The van der Waals surface area contributed by atoms with Gasteiger partial charge in [-0.15, -0.1) is 0 Å². The fourth-order valence-electron chi connectivity index (χ4n) is 1.50. The van der Waals surface area contributed by atoms with Crippen molar-refractivity contribution in [2.45, 2.75) is 26.5 Å². The molecule has 6 heteroatoms. The molecule has 0 aliphatic heterocycles. The van der Waals surface area contributed by atoms with Crippen molar-refractivity contribution in [2.75, 3.05) is 0 Å². The average Bonchev–Trinajstić information content (AvgIpc) is 2.86. The Bertz CT molecular complexity index is 524. The molecule has 0 fully saturated rings. The van der Waals surface area contributed by atoms with Gasteiger partial charge >= 0.3 is 0 Å². The predicted molar refractivity (Wildman–Crippen MR) is 68.9 cm³/mol. The van der Waals surface area contributed by atoms with Crippen LogP contribution in [0.25, 0.3) is 0 Å². The highest BCUT2D eigenvalue weighted by molar-refractivity contribution is 5.22. The molecule has 0 saturated heterocycles. The molecule has 3 N–H and O–H groups in total. The van der Waals surface area contributed by atoms with Gasteiger partial charge in [-0.1, -0.05) is 13.8 Å². The van der Waals surface area contributed by atoms with E-state index in [-0.39, 0.29) is 24.4 Å². The summed E-state index contributed by atoms with van der Waals surface area (Å²) < 4.78 is 18.2. The lowest BCUT2D eigenvalue weighted by atomic mass is 10.1. The number of hydrogen-bond acceptors (Lipinski definition) is 4. The Morgan fingerprint density at radius 2 is 2.00 bits per heavy atom. The number of nitrogens with one attached hydrogen (secondary N) is 1. The Morgan fingerprint density at radius 3 is 2.63 bits per heavy atom. The van der Waals surface area contributed by atoms with E-state index in [0.717, 1.165) is 0 Å². The van der Waals surface area contributed by atoms with Crippen molar-refractivity contribution in [3.05, 3.63) is 41.7 Å². The first kappa shape index (κ1) is 13.5. The third kappa shape index (κ3) is 3.51. The molecule has 0 aliphatic carbocycles. The molecule has 1 aromatic heterocycles. The van der Waals surface area contributed by atoms with Gasteiger partial charge in [0.1, 0.15) is 18.2 Å². The van der Waals surface area contributed by atoms with Gasteiger partial charge in [0.05, 0.1) is 6.04 Å². The molecule has 2 aromatic rings. The van der Waals surface area contributed by atoms with E-state index in [2.05, 4.69) is 15.2 Å². The predicted octanol–water partition coefficient (Wildman–Crippen LogP) is 2.18. The zero-order valence-electron chi connectivity index (χ0n) is 10.9. The Morgan fingerprint density at radius 1 is 1.32 bits per heavy atom. The summed E-state index contributed by atoms with van der Waals surface area (Å²) in [6, 6.07) is 5.61. The minimum Gasteiger partial charge on any atom is -0.486 e. The Labute approximate surface area is 111 Å². The normalized spacial score (nSPS) is 12.7. The van der Waals surface area contributed by atoms with Crippen molar-refractivity contribution in [1.82, 2.24) is 15.2 Å². The molecule has 0 spiro atoms. The minimum absolute atomic E-state index is 0.198. The van der Waals surface area contributed by atoms with Crippen molar-refractivity contribution < 1.29 is 9.13 Å². The first-order valence-corrected chi connectivity index (χ1v) is 6.11. The molecule has 0 unspecified atom stereocenters. The third-order valence-electron chi connectivity index (χ3n) is 2.75. The highest BCUT2D eigenvalue weighted by Crippen LogP contribution is 2.16. The van der Waals surface area contributed by atoms with Crippen LogP contribution < -0.4 is 10.5 Å². The van der Waals surface area contributed by atoms with Crippen LogP contribution in [-0.4, -0.2) is 15.2 Å². The van der Waals surface area contributed by atoms with Crippen molar-refractivity contribution in [3.63, 3.8) is 0 Å². The SMILES string of the molecule is CC(C)[C@@H](N)c1n[nH]c(COc2ccc(F)cc2)n1. The van der Waals surface area contributed by atoms with Gasteiger partial charge in [0.15, 0.2) is 11.6 Å². The topological polar surface area (TPSA) is 76.8 Å². The molecule has 5 nitrogen and oxygen atoms in total. The number of ether oxygens (including phenoxy) is 1. The molecule has 102 valence electrons. The second kappa shape index (κ2) is 5.79. The van der Waals surface area contributed by atoms with Crippen molar-refractivity contribution in [1.29, 1.82) is 0 Å². The summed E-state index contributed by atoms with van der Waals surface area (Å²) in [5.74, 6) is 1.72. The van der Waals surface area contributed by atoms with Gasteiger partial charge in [-0.2, -0.15) is 5.10 Å². The number of aromatic nitrogens is 3. The summed E-state index contributed by atoms with van der Waals surface area (Å²) in [5, 5.41) is 6.85. The number of rotatable bonds is 5. The van der Waals surface area contributed by atoms with Gasteiger partial charge in [0.25, 0.3) is 0 Å². The van der Waals surface area contributed by atoms with Crippen LogP contribution in [0.15, 0.2) is 24.3 Å². The van der Waals surface area contributed by atoms with Crippen molar-refractivity contribution in [2.24, 2.45) is 11.7 Å². The molecule has 0 amide bonds. The zero-order chi connectivity index (χ0) is 13.8. The van der Waals surface area contributed by atoms with Crippen LogP contribution in [0.2, 0.25) is 0 Å². The number of nitrogens with zero attached hydrogens (tertiary/aromatic N) is 2. The van der Waals surface area contributed by atoms with E-state index < -0.39 is 0 Å². The zero-order valence-corrected chi connectivity index (χ0v) is 10.9. The maximum absolute atomic E-state index is 12.7. The highest BCUT2D eigenvalue weighted by Gasteiger charge is 2.15. The molecule has 19 heavy (non-hydrogen) atoms. The molecule has 0 saturated carbocycles. The summed E-state index contributed by atoms with van der Waals surface area (Å²) in [6.07, 6.45) is 0. The second-order valence-corrected chi connectivity index (χ2v) is 4.65. The monoisotopic (exact) mass is 264 g/mol. The van der Waals surface area contributed by atoms with Crippen LogP contribution in [-0.2, 0) is 6.61 Å². The van der Waals surface area contributed by atoms with Gasteiger partial charge < -0.3 is 10.5 Å². The molecule has 2 rings (SSSR count). The maximum Gasteiger partial charge on any atom is 0.167 e. The standard InChI is InChI=1S/C13H17FN4O/c1-8(2)12(15)13-16-11(17-18-13)7-19-10-5-3-9(14)4-6-10/h3-6,8,12H,7,15H2,1-2H3,(H,16,17,18)/t12-/m1/s1. The number of aromatic amines is 1. The molecule has 0 bridgehead atoms. The lowest BCUT2D eigenvalue weighted by Crippen LogP contribution is -2.18. The fourth-order valence-corrected chi connectivity index (χ4v) is 1.50. The van der Waals surface area contributed by atoms with Gasteiger partial charge in [-0.05, 0) is 30.2 Å². The average molecular weight is 264 g/mol. The molecule has 0 radical (unpaired) electrons. The highest BCUT2D eigenvalue weighted by atomic mass is 19.1. The number of benzene rings is 1. The summed E-state index contributed by atoms with van der Waals surface area (Å²) in [5.41, 5.74) is 5.95. The summed E-state index contributed by atoms with van der Waals surface area (Å²) in [7, 11) is 0. The minimum atomic E-state index is -0.294. The van der Waals surface area contributed by atoms with Crippen LogP contribution in [0.1, 0.15) is 31.5 Å². The van der Waals surface area contributed by atoms with E-state index in [1.165, 1.54) is 12.1 Å². The number of halogens is 1. The van der Waals surface area contributed by atoms with E-state index in [1.807, 2.05) is 13.8 Å². The second-order valence-electron chi connectivity index (χ2n) is 4.65. The Hall–Kier alpha value is -1.95. The molecule has 0 aliphatic rings. The van der Waals surface area contributed by atoms with E-state index in [4.69, 9.17) is 10.5 Å². The van der Waals surface area contributed by atoms with E-state index in [9.17, 15) is 4.39 Å². The quantitative estimate of drug-likeness (QED) is 0.867. The van der Waals surface area contributed by atoms with Gasteiger partial charge in [0.2, 0.25) is 0 Å². The van der Waals surface area contributed by atoms with Gasteiger partial charge in [-0.25, -0.2) is 9.37 Å². The summed E-state index contributed by atoms with van der Waals surface area (Å²) in [6.45, 7) is 4.26. The van der Waals surface area contributed by atoms with E-state index >= 15 is 0 Å². The largest absolute Gasteiger partial charge is 0.486 e. The van der Waals surface area contributed by atoms with Gasteiger partial charge in [0, 0.05) is 0 Å². The van der Waals surface area contributed by atoms with Gasteiger partial charge in [-0.3, -0.25) is 5.10 Å². The van der Waals surface area contributed by atoms with Crippen LogP contribution >= 0.6 is 0 Å². The molecule has 1 atom stereocenters. The lowest BCUT2D eigenvalue weighted by Gasteiger charge is -2.10. The lowest BCUT2D eigenvalue weighted by molar-refractivity contribution is 0.295. The summed E-state index contributed by atoms with van der Waals surface area (Å²) >= 11 is 0. The third-order valence-corrected chi connectivity index (χ3v) is 2.75.